The highest BCUT2D eigenvalue weighted by Gasteiger charge is 2.44. The van der Waals surface area contributed by atoms with E-state index in [4.69, 9.17) is 30.5 Å². The number of methoxy groups -OCH3 is 1. The number of carbonyl (C=O) groups is 2. The summed E-state index contributed by atoms with van der Waals surface area (Å²) in [6.45, 7) is 5.87. The molecule has 2 saturated heterocycles. The predicted octanol–water partition coefficient (Wildman–Crippen LogP) is 3.87. The van der Waals surface area contributed by atoms with Crippen molar-refractivity contribution in [3.05, 3.63) is 29.3 Å². The third kappa shape index (κ3) is 5.08. The SMILES string of the molecule is CCOc1cc(O[C@@H]2C[C@@H](C(=O)OC)N(C(=O)[C@@H](C)C3CCOCC3)C2)c2cccc(Cl)c2n1. The van der Waals surface area contributed by atoms with Gasteiger partial charge in [0, 0.05) is 37.0 Å². The molecule has 0 radical (unpaired) electrons. The van der Waals surface area contributed by atoms with Gasteiger partial charge in [0.15, 0.2) is 0 Å². The average molecular weight is 491 g/mol. The van der Waals surface area contributed by atoms with Crippen molar-refractivity contribution < 1.29 is 28.5 Å². The molecule has 0 saturated carbocycles. The van der Waals surface area contributed by atoms with Crippen LogP contribution in [0.25, 0.3) is 10.9 Å². The number of pyridine rings is 1. The lowest BCUT2D eigenvalue weighted by Crippen LogP contribution is -2.45. The lowest BCUT2D eigenvalue weighted by Gasteiger charge is -2.31. The summed E-state index contributed by atoms with van der Waals surface area (Å²) in [6, 6.07) is 6.51. The Labute approximate surface area is 204 Å². The minimum atomic E-state index is -0.687. The van der Waals surface area contributed by atoms with Crippen LogP contribution in [0.4, 0.5) is 0 Å². The van der Waals surface area contributed by atoms with Crippen LogP contribution in [0, 0.1) is 11.8 Å². The summed E-state index contributed by atoms with van der Waals surface area (Å²) in [6.07, 6.45) is 1.63. The number of aromatic nitrogens is 1. The molecule has 0 N–H and O–H groups in total. The van der Waals surface area contributed by atoms with Gasteiger partial charge in [-0.25, -0.2) is 9.78 Å². The van der Waals surface area contributed by atoms with E-state index in [9.17, 15) is 9.59 Å². The summed E-state index contributed by atoms with van der Waals surface area (Å²) < 4.78 is 22.4. The van der Waals surface area contributed by atoms with Gasteiger partial charge >= 0.3 is 5.97 Å². The topological polar surface area (TPSA) is 87.2 Å². The Morgan fingerprint density at radius 3 is 2.76 bits per heavy atom. The van der Waals surface area contributed by atoms with Crippen LogP contribution in [0.15, 0.2) is 24.3 Å². The number of rotatable bonds is 7. The third-order valence-electron chi connectivity index (χ3n) is 6.70. The van der Waals surface area contributed by atoms with Crippen LogP contribution >= 0.6 is 11.6 Å². The van der Waals surface area contributed by atoms with E-state index in [1.54, 1.807) is 17.0 Å². The van der Waals surface area contributed by atoms with Crippen molar-refractivity contribution in [2.45, 2.75) is 45.3 Å². The van der Waals surface area contributed by atoms with Gasteiger partial charge in [0.05, 0.1) is 30.8 Å². The molecule has 34 heavy (non-hydrogen) atoms. The van der Waals surface area contributed by atoms with Crippen molar-refractivity contribution in [1.29, 1.82) is 0 Å². The number of nitrogens with zero attached hydrogens (tertiary/aromatic N) is 2. The Kier molecular flexibility index (Phi) is 7.78. The molecule has 0 bridgehead atoms. The number of para-hydroxylation sites is 1. The van der Waals surface area contributed by atoms with Crippen LogP contribution in [0.1, 0.15) is 33.1 Å². The molecule has 9 heteroatoms. The lowest BCUT2D eigenvalue weighted by molar-refractivity contribution is -0.153. The fraction of sp³-hybridized carbons (Fsp3) is 0.560. The van der Waals surface area contributed by atoms with Gasteiger partial charge < -0.3 is 23.8 Å². The molecule has 1 aromatic heterocycles. The summed E-state index contributed by atoms with van der Waals surface area (Å²) in [5.74, 6) is 0.500. The van der Waals surface area contributed by atoms with E-state index in [1.165, 1.54) is 7.11 Å². The zero-order valence-electron chi connectivity index (χ0n) is 19.8. The van der Waals surface area contributed by atoms with E-state index in [1.807, 2.05) is 26.0 Å². The van der Waals surface area contributed by atoms with E-state index in [-0.39, 0.29) is 17.7 Å². The fourth-order valence-corrected chi connectivity index (χ4v) is 5.04. The molecule has 1 aromatic carbocycles. The summed E-state index contributed by atoms with van der Waals surface area (Å²) in [5.41, 5.74) is 0.578. The zero-order chi connectivity index (χ0) is 24.2. The summed E-state index contributed by atoms with van der Waals surface area (Å²) in [4.78, 5) is 32.1. The maximum atomic E-state index is 13.4. The minimum Gasteiger partial charge on any atom is -0.488 e. The second kappa shape index (κ2) is 10.8. The highest BCUT2D eigenvalue weighted by atomic mass is 35.5. The Morgan fingerprint density at radius 2 is 2.06 bits per heavy atom. The number of hydrogen-bond donors (Lipinski definition) is 0. The Bertz CT molecular complexity index is 1040. The molecule has 3 atom stereocenters. The number of ether oxygens (including phenoxy) is 4. The van der Waals surface area contributed by atoms with Crippen molar-refractivity contribution in [3.63, 3.8) is 0 Å². The zero-order valence-corrected chi connectivity index (χ0v) is 20.5. The van der Waals surface area contributed by atoms with E-state index in [2.05, 4.69) is 4.98 Å². The highest BCUT2D eigenvalue weighted by molar-refractivity contribution is 6.35. The first-order valence-electron chi connectivity index (χ1n) is 11.8. The predicted molar refractivity (Wildman–Crippen MR) is 127 cm³/mol. The molecule has 4 rings (SSSR count). The summed E-state index contributed by atoms with van der Waals surface area (Å²) >= 11 is 6.38. The molecule has 1 amide bonds. The largest absolute Gasteiger partial charge is 0.488 e. The fourth-order valence-electron chi connectivity index (χ4n) is 4.82. The maximum Gasteiger partial charge on any atom is 0.328 e. The van der Waals surface area contributed by atoms with Crippen molar-refractivity contribution in [3.8, 4) is 11.6 Å². The quantitative estimate of drug-likeness (QED) is 0.544. The van der Waals surface area contributed by atoms with Crippen molar-refractivity contribution in [1.82, 2.24) is 9.88 Å². The second-order valence-electron chi connectivity index (χ2n) is 8.77. The minimum absolute atomic E-state index is 0.0500. The number of benzene rings is 1. The van der Waals surface area contributed by atoms with E-state index in [0.717, 1.165) is 18.2 Å². The van der Waals surface area contributed by atoms with Crippen LogP contribution in [0.5, 0.6) is 11.6 Å². The van der Waals surface area contributed by atoms with E-state index >= 15 is 0 Å². The van der Waals surface area contributed by atoms with Crippen LogP contribution in [0.2, 0.25) is 5.02 Å². The molecule has 184 valence electrons. The van der Waals surface area contributed by atoms with E-state index in [0.29, 0.717) is 55.0 Å². The third-order valence-corrected chi connectivity index (χ3v) is 7.00. The maximum absolute atomic E-state index is 13.4. The number of esters is 1. The first-order chi connectivity index (χ1) is 16.4. The molecule has 2 aliphatic heterocycles. The number of fused-ring (bicyclic) bond motifs is 1. The smallest absolute Gasteiger partial charge is 0.328 e. The molecule has 3 heterocycles. The van der Waals surface area contributed by atoms with Crippen LogP contribution in [-0.2, 0) is 19.1 Å². The summed E-state index contributed by atoms with van der Waals surface area (Å²) in [5, 5.41) is 1.23. The second-order valence-corrected chi connectivity index (χ2v) is 9.18. The van der Waals surface area contributed by atoms with Gasteiger partial charge in [0.25, 0.3) is 0 Å². The molecule has 8 nitrogen and oxygen atoms in total. The highest BCUT2D eigenvalue weighted by Crippen LogP contribution is 2.35. The molecule has 0 aliphatic carbocycles. The van der Waals surface area contributed by atoms with Crippen molar-refractivity contribution >= 4 is 34.4 Å². The van der Waals surface area contributed by atoms with Gasteiger partial charge in [-0.2, -0.15) is 0 Å². The lowest BCUT2D eigenvalue weighted by atomic mass is 9.86. The molecule has 0 spiro atoms. The first-order valence-corrected chi connectivity index (χ1v) is 12.2. The molecule has 2 aliphatic rings. The standard InChI is InChI=1S/C25H31ClN2O6/c1-4-33-22-13-21(18-6-5-7-19(26)23(18)27-22)34-17-12-20(25(30)31-3)28(14-17)24(29)15(2)16-8-10-32-11-9-16/h5-7,13,15-17,20H,4,8-12,14H2,1-3H3/t15-,17+,20-/m0/s1. The average Bonchev–Trinajstić information content (AvgIpc) is 3.28. The van der Waals surface area contributed by atoms with Crippen LogP contribution < -0.4 is 9.47 Å². The Hall–Kier alpha value is -2.58. The number of likely N-dealkylation sites (tertiary alicyclic amines) is 1. The van der Waals surface area contributed by atoms with Gasteiger partial charge in [-0.1, -0.05) is 24.6 Å². The van der Waals surface area contributed by atoms with Gasteiger partial charge in [-0.15, -0.1) is 0 Å². The molecular formula is C25H31ClN2O6. The van der Waals surface area contributed by atoms with Gasteiger partial charge in [-0.05, 0) is 37.8 Å². The molecule has 0 unspecified atom stereocenters. The Balaban J connectivity index is 1.58. The number of halogens is 1. The van der Waals surface area contributed by atoms with Gasteiger partial charge in [-0.3, -0.25) is 4.79 Å². The molecule has 2 fully saturated rings. The molecular weight excluding hydrogens is 460 g/mol. The number of hydrogen-bond acceptors (Lipinski definition) is 7. The van der Waals surface area contributed by atoms with Gasteiger partial charge in [0.1, 0.15) is 17.9 Å². The van der Waals surface area contributed by atoms with Crippen LogP contribution in [-0.4, -0.2) is 67.4 Å². The first kappa shape index (κ1) is 24.5. The van der Waals surface area contributed by atoms with E-state index < -0.39 is 18.1 Å². The number of amides is 1. The normalized spacial score (nSPS) is 21.9. The van der Waals surface area contributed by atoms with Crippen molar-refractivity contribution in [2.24, 2.45) is 11.8 Å². The van der Waals surface area contributed by atoms with Gasteiger partial charge in [0.2, 0.25) is 11.8 Å². The monoisotopic (exact) mass is 490 g/mol. The summed E-state index contributed by atoms with van der Waals surface area (Å²) in [7, 11) is 1.34. The molecule has 2 aromatic rings. The number of carbonyl (C=O) groups excluding carboxylic acids is 2. The van der Waals surface area contributed by atoms with Crippen molar-refractivity contribution in [2.75, 3.05) is 33.5 Å². The van der Waals surface area contributed by atoms with Crippen LogP contribution in [0.3, 0.4) is 0 Å². The Morgan fingerprint density at radius 1 is 1.29 bits per heavy atom.